The Morgan fingerprint density at radius 3 is 2.37 bits per heavy atom. The average molecular weight is 265 g/mol. The molecule has 2 amide bonds. The minimum atomic E-state index is -0.101. The topological polar surface area (TPSA) is 79.5 Å². The van der Waals surface area contributed by atoms with Gasteiger partial charge in [0.15, 0.2) is 0 Å². The molecule has 0 atom stereocenters. The zero-order valence-electron chi connectivity index (χ0n) is 11.2. The first-order valence-electron chi connectivity index (χ1n) is 6.03. The van der Waals surface area contributed by atoms with E-state index in [9.17, 15) is 9.59 Å². The van der Waals surface area contributed by atoms with Crippen LogP contribution in [-0.4, -0.2) is 39.1 Å². The summed E-state index contributed by atoms with van der Waals surface area (Å²) in [4.78, 5) is 22.3. The highest BCUT2D eigenvalue weighted by Gasteiger charge is 2.02. The van der Waals surface area contributed by atoms with Crippen LogP contribution in [0.25, 0.3) is 0 Å². The number of hydrogen-bond donors (Lipinski definition) is 3. The molecule has 6 nitrogen and oxygen atoms in total. The van der Waals surface area contributed by atoms with Crippen molar-refractivity contribution in [2.45, 2.75) is 6.42 Å². The predicted molar refractivity (Wildman–Crippen MR) is 73.2 cm³/mol. The van der Waals surface area contributed by atoms with Crippen LogP contribution in [0, 0.1) is 0 Å². The number of benzene rings is 1. The molecule has 0 spiro atoms. The molecule has 0 aliphatic heterocycles. The van der Waals surface area contributed by atoms with Gasteiger partial charge >= 0.3 is 0 Å². The van der Waals surface area contributed by atoms with Gasteiger partial charge in [-0.2, -0.15) is 0 Å². The van der Waals surface area contributed by atoms with Crippen molar-refractivity contribution in [2.75, 3.05) is 32.6 Å². The Bertz CT molecular complexity index is 418. The predicted octanol–water partition coefficient (Wildman–Crippen LogP) is 0.359. The SMILES string of the molecule is CNCC(=O)Nc1ccc(OCCC(=O)NC)cc1. The highest BCUT2D eigenvalue weighted by atomic mass is 16.5. The maximum atomic E-state index is 11.3. The van der Waals surface area contributed by atoms with Crippen molar-refractivity contribution in [1.82, 2.24) is 10.6 Å². The Morgan fingerprint density at radius 2 is 1.79 bits per heavy atom. The van der Waals surface area contributed by atoms with E-state index in [2.05, 4.69) is 16.0 Å². The molecule has 1 aromatic rings. The molecule has 0 fully saturated rings. The number of nitrogens with one attached hydrogen (secondary N) is 3. The van der Waals surface area contributed by atoms with Gasteiger partial charge in [-0.15, -0.1) is 0 Å². The van der Waals surface area contributed by atoms with Crippen LogP contribution in [0.2, 0.25) is 0 Å². The van der Waals surface area contributed by atoms with Crippen LogP contribution in [0.3, 0.4) is 0 Å². The molecular formula is C13H19N3O3. The van der Waals surface area contributed by atoms with Crippen molar-refractivity contribution in [3.8, 4) is 5.75 Å². The molecule has 0 saturated heterocycles. The van der Waals surface area contributed by atoms with Crippen molar-refractivity contribution >= 4 is 17.5 Å². The summed E-state index contributed by atoms with van der Waals surface area (Å²) in [5.74, 6) is 0.502. The number of amides is 2. The molecule has 0 bridgehead atoms. The normalized spacial score (nSPS) is 9.79. The number of ether oxygens (including phenoxy) is 1. The van der Waals surface area contributed by atoms with Crippen molar-refractivity contribution in [1.29, 1.82) is 0 Å². The number of anilines is 1. The zero-order chi connectivity index (χ0) is 14.1. The van der Waals surface area contributed by atoms with Gasteiger partial charge in [0.1, 0.15) is 5.75 Å². The van der Waals surface area contributed by atoms with Gasteiger partial charge in [-0.25, -0.2) is 0 Å². The van der Waals surface area contributed by atoms with Gasteiger partial charge in [0, 0.05) is 12.7 Å². The molecule has 6 heteroatoms. The van der Waals surface area contributed by atoms with Gasteiger partial charge < -0.3 is 20.7 Å². The Kier molecular flexibility index (Phi) is 6.38. The number of likely N-dealkylation sites (N-methyl/N-ethyl adjacent to an activating group) is 1. The summed E-state index contributed by atoms with van der Waals surface area (Å²) in [6.07, 6.45) is 0.317. The van der Waals surface area contributed by atoms with Crippen LogP contribution in [0.4, 0.5) is 5.69 Å². The van der Waals surface area contributed by atoms with E-state index < -0.39 is 0 Å². The third kappa shape index (κ3) is 5.87. The van der Waals surface area contributed by atoms with E-state index in [1.807, 2.05) is 0 Å². The molecule has 0 saturated carbocycles. The maximum absolute atomic E-state index is 11.3. The zero-order valence-corrected chi connectivity index (χ0v) is 11.2. The van der Waals surface area contributed by atoms with Crippen LogP contribution in [0.5, 0.6) is 5.75 Å². The van der Waals surface area contributed by atoms with Crippen molar-refractivity contribution in [2.24, 2.45) is 0 Å². The number of hydrogen-bond acceptors (Lipinski definition) is 4. The van der Waals surface area contributed by atoms with E-state index in [1.165, 1.54) is 0 Å². The van der Waals surface area contributed by atoms with Crippen LogP contribution in [0.15, 0.2) is 24.3 Å². The van der Waals surface area contributed by atoms with Crippen molar-refractivity contribution < 1.29 is 14.3 Å². The summed E-state index contributed by atoms with van der Waals surface area (Å²) in [5.41, 5.74) is 0.707. The minimum absolute atomic E-state index is 0.0593. The fourth-order valence-corrected chi connectivity index (χ4v) is 1.39. The molecular weight excluding hydrogens is 246 g/mol. The fraction of sp³-hybridized carbons (Fsp3) is 0.385. The quantitative estimate of drug-likeness (QED) is 0.665. The lowest BCUT2D eigenvalue weighted by Gasteiger charge is -2.08. The lowest BCUT2D eigenvalue weighted by Crippen LogP contribution is -2.24. The van der Waals surface area contributed by atoms with Gasteiger partial charge in [0.2, 0.25) is 11.8 Å². The first-order chi connectivity index (χ1) is 9.15. The van der Waals surface area contributed by atoms with Crippen LogP contribution in [-0.2, 0) is 9.59 Å². The molecule has 1 aromatic carbocycles. The van der Waals surface area contributed by atoms with E-state index in [0.29, 0.717) is 24.5 Å². The first kappa shape index (κ1) is 15.0. The standard InChI is InChI=1S/C13H19N3O3/c1-14-9-13(18)16-10-3-5-11(6-4-10)19-8-7-12(17)15-2/h3-6,14H,7-9H2,1-2H3,(H,15,17)(H,16,18). The van der Waals surface area contributed by atoms with E-state index in [-0.39, 0.29) is 18.4 Å². The highest BCUT2D eigenvalue weighted by Crippen LogP contribution is 2.15. The summed E-state index contributed by atoms with van der Waals surface area (Å²) < 4.78 is 5.40. The Hall–Kier alpha value is -2.08. The highest BCUT2D eigenvalue weighted by molar-refractivity contribution is 5.92. The van der Waals surface area contributed by atoms with Gasteiger partial charge in [0.05, 0.1) is 19.6 Å². The number of carbonyl (C=O) groups is 2. The second kappa shape index (κ2) is 8.10. The molecule has 0 radical (unpaired) electrons. The van der Waals surface area contributed by atoms with Crippen LogP contribution >= 0.6 is 0 Å². The van der Waals surface area contributed by atoms with Gasteiger partial charge in [0.25, 0.3) is 0 Å². The molecule has 0 aromatic heterocycles. The summed E-state index contributed by atoms with van der Waals surface area (Å²) in [7, 11) is 3.30. The molecule has 19 heavy (non-hydrogen) atoms. The summed E-state index contributed by atoms with van der Waals surface area (Å²) in [6, 6.07) is 7.00. The third-order valence-corrected chi connectivity index (χ3v) is 2.35. The fourth-order valence-electron chi connectivity index (χ4n) is 1.39. The first-order valence-corrected chi connectivity index (χ1v) is 6.03. The smallest absolute Gasteiger partial charge is 0.238 e. The average Bonchev–Trinajstić information content (AvgIpc) is 2.41. The van der Waals surface area contributed by atoms with Crippen LogP contribution < -0.4 is 20.7 Å². The Morgan fingerprint density at radius 1 is 1.11 bits per heavy atom. The van der Waals surface area contributed by atoms with Crippen molar-refractivity contribution in [3.05, 3.63) is 24.3 Å². The van der Waals surface area contributed by atoms with E-state index >= 15 is 0 Å². The maximum Gasteiger partial charge on any atom is 0.238 e. The monoisotopic (exact) mass is 265 g/mol. The van der Waals surface area contributed by atoms with Gasteiger partial charge in [-0.05, 0) is 31.3 Å². The second-order valence-electron chi connectivity index (χ2n) is 3.87. The Labute approximate surface area is 112 Å². The summed E-state index contributed by atoms with van der Waals surface area (Å²) in [6.45, 7) is 0.593. The molecule has 0 aliphatic rings. The van der Waals surface area contributed by atoms with Gasteiger partial charge in [-0.3, -0.25) is 9.59 Å². The molecule has 1 rings (SSSR count). The molecule has 0 heterocycles. The second-order valence-corrected chi connectivity index (χ2v) is 3.87. The van der Waals surface area contributed by atoms with E-state index in [1.54, 1.807) is 38.4 Å². The largest absolute Gasteiger partial charge is 0.493 e. The molecule has 0 aliphatic carbocycles. The van der Waals surface area contributed by atoms with E-state index in [4.69, 9.17) is 4.74 Å². The Balaban J connectivity index is 2.39. The molecule has 3 N–H and O–H groups in total. The number of carbonyl (C=O) groups excluding carboxylic acids is 2. The minimum Gasteiger partial charge on any atom is -0.493 e. The van der Waals surface area contributed by atoms with E-state index in [0.717, 1.165) is 0 Å². The van der Waals surface area contributed by atoms with Crippen molar-refractivity contribution in [3.63, 3.8) is 0 Å². The lowest BCUT2D eigenvalue weighted by atomic mass is 10.3. The van der Waals surface area contributed by atoms with Crippen LogP contribution in [0.1, 0.15) is 6.42 Å². The summed E-state index contributed by atoms with van der Waals surface area (Å²) in [5, 5.41) is 8.02. The molecule has 0 unspecified atom stereocenters. The molecule has 104 valence electrons. The van der Waals surface area contributed by atoms with Gasteiger partial charge in [-0.1, -0.05) is 0 Å². The number of rotatable bonds is 7. The lowest BCUT2D eigenvalue weighted by molar-refractivity contribution is -0.121. The third-order valence-electron chi connectivity index (χ3n) is 2.35. The summed E-state index contributed by atoms with van der Waals surface area (Å²) >= 11 is 0.